The summed E-state index contributed by atoms with van der Waals surface area (Å²) in [6.45, 7) is 0.621. The van der Waals surface area contributed by atoms with Gasteiger partial charge in [0.15, 0.2) is 0 Å². The van der Waals surface area contributed by atoms with Crippen molar-refractivity contribution in [2.75, 3.05) is 30.8 Å². The molecule has 1 aromatic heterocycles. The zero-order chi connectivity index (χ0) is 18.2. The largest absolute Gasteiger partial charge is 0.326 e. The van der Waals surface area contributed by atoms with E-state index in [2.05, 4.69) is 31.5 Å². The van der Waals surface area contributed by atoms with Gasteiger partial charge in [-0.25, -0.2) is 4.98 Å². The molecule has 0 fully saturated rings. The van der Waals surface area contributed by atoms with Crippen molar-refractivity contribution in [1.29, 1.82) is 0 Å². The summed E-state index contributed by atoms with van der Waals surface area (Å²) in [7, 11) is 1.78. The number of hydrogen-bond acceptors (Lipinski definition) is 4. The van der Waals surface area contributed by atoms with Gasteiger partial charge in [-0.1, -0.05) is 17.7 Å². The van der Waals surface area contributed by atoms with E-state index < -0.39 is 0 Å². The Morgan fingerprint density at radius 2 is 2.00 bits per heavy atom. The molecule has 6 nitrogen and oxygen atoms in total. The number of anilines is 2. The molecule has 132 valence electrons. The minimum atomic E-state index is -0.187. The predicted octanol–water partition coefficient (Wildman–Crippen LogP) is 3.40. The summed E-state index contributed by atoms with van der Waals surface area (Å²) in [4.78, 5) is 29.8. The Morgan fingerprint density at radius 1 is 1.20 bits per heavy atom. The molecule has 2 aromatic rings. The fourth-order valence-corrected chi connectivity index (χ4v) is 2.46. The van der Waals surface area contributed by atoms with E-state index in [1.165, 1.54) is 0 Å². The lowest BCUT2D eigenvalue weighted by atomic mass is 10.3. The summed E-state index contributed by atoms with van der Waals surface area (Å²) in [6.07, 6.45) is 1.88. The molecule has 25 heavy (non-hydrogen) atoms. The number of nitrogens with one attached hydrogen (secondary N) is 2. The number of likely N-dealkylation sites (N-methyl/N-ethyl adjacent to an activating group) is 1. The number of halogens is 2. The lowest BCUT2D eigenvalue weighted by Crippen LogP contribution is -2.32. The Hall–Kier alpha value is -1.96. The van der Waals surface area contributed by atoms with Crippen LogP contribution in [0.3, 0.4) is 0 Å². The first-order chi connectivity index (χ1) is 11.9. The molecule has 1 heterocycles. The summed E-state index contributed by atoms with van der Waals surface area (Å²) < 4.78 is 0.841. The lowest BCUT2D eigenvalue weighted by molar-refractivity contribution is -0.119. The zero-order valence-corrected chi connectivity index (χ0v) is 16.0. The van der Waals surface area contributed by atoms with Gasteiger partial charge in [0.1, 0.15) is 5.82 Å². The lowest BCUT2D eigenvalue weighted by Gasteiger charge is -2.16. The van der Waals surface area contributed by atoms with Crippen molar-refractivity contribution in [3.63, 3.8) is 0 Å². The smallest absolute Gasteiger partial charge is 0.239 e. The van der Waals surface area contributed by atoms with E-state index in [0.29, 0.717) is 23.1 Å². The Labute approximate surface area is 159 Å². The van der Waals surface area contributed by atoms with Gasteiger partial charge in [-0.05, 0) is 53.3 Å². The number of nitrogens with zero attached hydrogens (tertiary/aromatic N) is 2. The van der Waals surface area contributed by atoms with Gasteiger partial charge in [0.25, 0.3) is 0 Å². The third-order valence-corrected chi connectivity index (χ3v) is 3.94. The molecular formula is C17H18BrClN4O2. The van der Waals surface area contributed by atoms with Crippen LogP contribution in [0.2, 0.25) is 5.02 Å². The van der Waals surface area contributed by atoms with Crippen molar-refractivity contribution in [2.24, 2.45) is 0 Å². The van der Waals surface area contributed by atoms with E-state index >= 15 is 0 Å². The van der Waals surface area contributed by atoms with Crippen LogP contribution in [0.1, 0.15) is 6.42 Å². The summed E-state index contributed by atoms with van der Waals surface area (Å²) in [5, 5.41) is 6.04. The molecule has 0 unspecified atom stereocenters. The van der Waals surface area contributed by atoms with Crippen molar-refractivity contribution in [1.82, 2.24) is 9.88 Å². The molecule has 0 aliphatic heterocycles. The van der Waals surface area contributed by atoms with Crippen LogP contribution in [0.25, 0.3) is 0 Å². The summed E-state index contributed by atoms with van der Waals surface area (Å²) >= 11 is 9.16. The quantitative estimate of drug-likeness (QED) is 0.713. The zero-order valence-electron chi connectivity index (χ0n) is 13.6. The molecule has 0 radical (unpaired) electrons. The third kappa shape index (κ3) is 7.21. The number of amides is 2. The van der Waals surface area contributed by atoms with Crippen molar-refractivity contribution in [2.45, 2.75) is 6.42 Å². The molecule has 8 heteroatoms. The van der Waals surface area contributed by atoms with Gasteiger partial charge >= 0.3 is 0 Å². The average Bonchev–Trinajstić information content (AvgIpc) is 2.55. The number of benzene rings is 1. The van der Waals surface area contributed by atoms with Gasteiger partial charge in [-0.15, -0.1) is 0 Å². The number of hydrogen-bond donors (Lipinski definition) is 2. The standard InChI is InChI=1S/C17H18BrClN4O2/c1-23(11-17(25)22-15-6-5-12(18)10-20-15)8-7-16(24)21-14-4-2-3-13(19)9-14/h2-6,9-10H,7-8,11H2,1H3,(H,21,24)(H,20,22,25). The SMILES string of the molecule is CN(CCC(=O)Nc1cccc(Cl)c1)CC(=O)Nc1ccc(Br)cn1. The van der Waals surface area contributed by atoms with Gasteiger partial charge < -0.3 is 10.6 Å². The second kappa shape index (κ2) is 9.50. The Balaban J connectivity index is 1.72. The van der Waals surface area contributed by atoms with Crippen LogP contribution in [-0.2, 0) is 9.59 Å². The normalized spacial score (nSPS) is 10.6. The third-order valence-electron chi connectivity index (χ3n) is 3.24. The topological polar surface area (TPSA) is 74.3 Å². The highest BCUT2D eigenvalue weighted by atomic mass is 79.9. The van der Waals surface area contributed by atoms with E-state index in [0.717, 1.165) is 4.47 Å². The van der Waals surface area contributed by atoms with Crippen LogP contribution >= 0.6 is 27.5 Å². The van der Waals surface area contributed by atoms with Crippen LogP contribution in [0.4, 0.5) is 11.5 Å². The molecule has 0 aliphatic carbocycles. The number of carbonyl (C=O) groups is 2. The number of aromatic nitrogens is 1. The first kappa shape index (κ1) is 19.4. The highest BCUT2D eigenvalue weighted by Crippen LogP contribution is 2.15. The maximum atomic E-state index is 12.0. The number of rotatable bonds is 7. The van der Waals surface area contributed by atoms with Crippen LogP contribution in [0, 0.1) is 0 Å². The molecule has 0 spiro atoms. The van der Waals surface area contributed by atoms with Gasteiger partial charge in [0, 0.05) is 34.3 Å². The second-order valence-corrected chi connectivity index (χ2v) is 6.81. The fraction of sp³-hybridized carbons (Fsp3) is 0.235. The minimum absolute atomic E-state index is 0.135. The van der Waals surface area contributed by atoms with E-state index in [1.54, 1.807) is 54.5 Å². The molecule has 0 saturated heterocycles. The highest BCUT2D eigenvalue weighted by Gasteiger charge is 2.10. The second-order valence-electron chi connectivity index (χ2n) is 5.46. The van der Waals surface area contributed by atoms with Crippen molar-refractivity contribution in [3.05, 3.63) is 52.1 Å². The summed E-state index contributed by atoms with van der Waals surface area (Å²) in [6, 6.07) is 10.5. The number of pyridine rings is 1. The van der Waals surface area contributed by atoms with E-state index in [4.69, 9.17) is 11.6 Å². The molecule has 0 atom stereocenters. The first-order valence-corrected chi connectivity index (χ1v) is 8.75. The van der Waals surface area contributed by atoms with E-state index in [1.807, 2.05) is 0 Å². The maximum Gasteiger partial charge on any atom is 0.239 e. The molecule has 2 amide bonds. The highest BCUT2D eigenvalue weighted by molar-refractivity contribution is 9.10. The van der Waals surface area contributed by atoms with Crippen LogP contribution < -0.4 is 10.6 Å². The average molecular weight is 426 g/mol. The predicted molar refractivity (Wildman–Crippen MR) is 103 cm³/mol. The molecule has 2 rings (SSSR count). The minimum Gasteiger partial charge on any atom is -0.326 e. The summed E-state index contributed by atoms with van der Waals surface area (Å²) in [5.41, 5.74) is 0.652. The molecule has 1 aromatic carbocycles. The van der Waals surface area contributed by atoms with Crippen LogP contribution in [0.5, 0.6) is 0 Å². The van der Waals surface area contributed by atoms with Gasteiger partial charge in [-0.3, -0.25) is 14.5 Å². The first-order valence-electron chi connectivity index (χ1n) is 7.58. The molecule has 0 aliphatic rings. The monoisotopic (exact) mass is 424 g/mol. The van der Waals surface area contributed by atoms with E-state index in [9.17, 15) is 9.59 Å². The van der Waals surface area contributed by atoms with Crippen molar-refractivity contribution >= 4 is 50.9 Å². The van der Waals surface area contributed by atoms with Crippen LogP contribution in [0.15, 0.2) is 47.1 Å². The van der Waals surface area contributed by atoms with E-state index in [-0.39, 0.29) is 24.8 Å². The van der Waals surface area contributed by atoms with Crippen molar-refractivity contribution < 1.29 is 9.59 Å². The fourth-order valence-electron chi connectivity index (χ4n) is 2.04. The van der Waals surface area contributed by atoms with Gasteiger partial charge in [0.2, 0.25) is 11.8 Å². The Bertz CT molecular complexity index is 740. The van der Waals surface area contributed by atoms with Crippen molar-refractivity contribution in [3.8, 4) is 0 Å². The molecular weight excluding hydrogens is 408 g/mol. The maximum absolute atomic E-state index is 12.0. The molecule has 2 N–H and O–H groups in total. The van der Waals surface area contributed by atoms with Gasteiger partial charge in [0.05, 0.1) is 6.54 Å². The molecule has 0 bridgehead atoms. The molecule has 0 saturated carbocycles. The summed E-state index contributed by atoms with van der Waals surface area (Å²) in [5.74, 6) is 0.164. The van der Waals surface area contributed by atoms with Gasteiger partial charge in [-0.2, -0.15) is 0 Å². The Morgan fingerprint density at radius 3 is 2.68 bits per heavy atom. The Kier molecular flexibility index (Phi) is 7.36. The number of carbonyl (C=O) groups excluding carboxylic acids is 2. The van der Waals surface area contributed by atoms with Crippen LogP contribution in [-0.4, -0.2) is 41.8 Å².